The standard InChI is InChI=1S/C17H18N2O2/c1-19-16-8-7-12(9-13(16)10-17(19)20)15(18)11-21-14-5-3-2-4-6-14/h2-9,15H,10-11,18H2,1H3. The van der Waals surface area contributed by atoms with Crippen molar-refractivity contribution >= 4 is 11.6 Å². The van der Waals surface area contributed by atoms with Gasteiger partial charge in [0.15, 0.2) is 0 Å². The van der Waals surface area contributed by atoms with E-state index >= 15 is 0 Å². The molecular formula is C17H18N2O2. The van der Waals surface area contributed by atoms with Crippen molar-refractivity contribution in [3.8, 4) is 5.75 Å². The molecule has 1 aliphatic rings. The summed E-state index contributed by atoms with van der Waals surface area (Å²) in [6.07, 6.45) is 0.450. The lowest BCUT2D eigenvalue weighted by molar-refractivity contribution is -0.117. The minimum Gasteiger partial charge on any atom is -0.492 e. The topological polar surface area (TPSA) is 55.6 Å². The van der Waals surface area contributed by atoms with Crippen molar-refractivity contribution in [2.45, 2.75) is 12.5 Å². The SMILES string of the molecule is CN1C(=O)Cc2cc(C(N)COc3ccccc3)ccc21. The van der Waals surface area contributed by atoms with Gasteiger partial charge in [-0.05, 0) is 29.3 Å². The number of fused-ring (bicyclic) bond motifs is 1. The fourth-order valence-corrected chi connectivity index (χ4v) is 2.52. The first kappa shape index (κ1) is 13.6. The number of likely N-dealkylation sites (N-methyl/N-ethyl adjacent to an activating group) is 1. The Morgan fingerprint density at radius 1 is 1.24 bits per heavy atom. The van der Waals surface area contributed by atoms with Crippen LogP contribution in [0.25, 0.3) is 0 Å². The maximum Gasteiger partial charge on any atom is 0.231 e. The molecule has 0 bridgehead atoms. The monoisotopic (exact) mass is 282 g/mol. The van der Waals surface area contributed by atoms with Crippen molar-refractivity contribution in [2.24, 2.45) is 5.73 Å². The zero-order chi connectivity index (χ0) is 14.8. The molecule has 0 spiro atoms. The largest absolute Gasteiger partial charge is 0.492 e. The van der Waals surface area contributed by atoms with Crippen LogP contribution < -0.4 is 15.4 Å². The van der Waals surface area contributed by atoms with Gasteiger partial charge in [0.2, 0.25) is 5.91 Å². The van der Waals surface area contributed by atoms with E-state index in [9.17, 15) is 4.79 Å². The summed E-state index contributed by atoms with van der Waals surface area (Å²) in [6.45, 7) is 0.409. The van der Waals surface area contributed by atoms with E-state index in [4.69, 9.17) is 10.5 Å². The Labute approximate surface area is 124 Å². The first-order chi connectivity index (χ1) is 10.1. The second-order valence-corrected chi connectivity index (χ2v) is 5.25. The van der Waals surface area contributed by atoms with Crippen LogP contribution in [0.5, 0.6) is 5.75 Å². The summed E-state index contributed by atoms with van der Waals surface area (Å²) in [5, 5.41) is 0. The first-order valence-electron chi connectivity index (χ1n) is 6.98. The average Bonchev–Trinajstić information content (AvgIpc) is 2.80. The lowest BCUT2D eigenvalue weighted by Crippen LogP contribution is -2.20. The Balaban J connectivity index is 1.70. The highest BCUT2D eigenvalue weighted by molar-refractivity contribution is 6.00. The van der Waals surface area contributed by atoms with Gasteiger partial charge in [-0.3, -0.25) is 4.79 Å². The van der Waals surface area contributed by atoms with E-state index in [0.29, 0.717) is 13.0 Å². The molecular weight excluding hydrogens is 264 g/mol. The summed E-state index contributed by atoms with van der Waals surface area (Å²) in [7, 11) is 1.80. The number of anilines is 1. The molecule has 4 heteroatoms. The van der Waals surface area contributed by atoms with Gasteiger partial charge < -0.3 is 15.4 Å². The molecule has 2 N–H and O–H groups in total. The highest BCUT2D eigenvalue weighted by atomic mass is 16.5. The Bertz CT molecular complexity index is 655. The number of hydrogen-bond acceptors (Lipinski definition) is 3. The van der Waals surface area contributed by atoms with Crippen molar-refractivity contribution in [1.82, 2.24) is 0 Å². The molecule has 1 atom stereocenters. The summed E-state index contributed by atoms with van der Waals surface area (Å²) in [5.41, 5.74) is 9.19. The van der Waals surface area contributed by atoms with Gasteiger partial charge in [0, 0.05) is 12.7 Å². The summed E-state index contributed by atoms with van der Waals surface area (Å²) in [4.78, 5) is 13.4. The van der Waals surface area contributed by atoms with Crippen LogP contribution in [-0.2, 0) is 11.2 Å². The number of nitrogens with zero attached hydrogens (tertiary/aromatic N) is 1. The van der Waals surface area contributed by atoms with Crippen LogP contribution in [0.2, 0.25) is 0 Å². The Kier molecular flexibility index (Phi) is 3.62. The molecule has 0 aromatic heterocycles. The van der Waals surface area contributed by atoms with E-state index in [-0.39, 0.29) is 11.9 Å². The van der Waals surface area contributed by atoms with Crippen LogP contribution in [0.4, 0.5) is 5.69 Å². The van der Waals surface area contributed by atoms with Crippen molar-refractivity contribution < 1.29 is 9.53 Å². The predicted octanol–water partition coefficient (Wildman–Crippen LogP) is 2.28. The van der Waals surface area contributed by atoms with Crippen LogP contribution in [-0.4, -0.2) is 19.6 Å². The summed E-state index contributed by atoms with van der Waals surface area (Å²) in [5.74, 6) is 0.931. The molecule has 21 heavy (non-hydrogen) atoms. The summed E-state index contributed by atoms with van der Waals surface area (Å²) in [6, 6.07) is 15.3. The molecule has 1 amide bonds. The number of nitrogens with two attached hydrogens (primary N) is 1. The Morgan fingerprint density at radius 3 is 2.76 bits per heavy atom. The van der Waals surface area contributed by atoms with Crippen LogP contribution in [0, 0.1) is 0 Å². The zero-order valence-electron chi connectivity index (χ0n) is 12.0. The molecule has 1 heterocycles. The van der Waals surface area contributed by atoms with Crippen molar-refractivity contribution in [3.63, 3.8) is 0 Å². The van der Waals surface area contributed by atoms with Crippen LogP contribution in [0.1, 0.15) is 17.2 Å². The lowest BCUT2D eigenvalue weighted by atomic mass is 10.0. The number of amides is 1. The van der Waals surface area contributed by atoms with Gasteiger partial charge in [0.1, 0.15) is 12.4 Å². The van der Waals surface area contributed by atoms with Crippen LogP contribution in [0.3, 0.4) is 0 Å². The molecule has 108 valence electrons. The zero-order valence-corrected chi connectivity index (χ0v) is 12.0. The summed E-state index contributed by atoms with van der Waals surface area (Å²) < 4.78 is 5.68. The van der Waals surface area contributed by atoms with E-state index in [1.54, 1.807) is 11.9 Å². The van der Waals surface area contributed by atoms with Crippen molar-refractivity contribution in [3.05, 3.63) is 59.7 Å². The van der Waals surface area contributed by atoms with Gasteiger partial charge in [-0.1, -0.05) is 30.3 Å². The number of carbonyl (C=O) groups excluding carboxylic acids is 1. The molecule has 0 saturated heterocycles. The molecule has 1 aliphatic heterocycles. The third-order valence-electron chi connectivity index (χ3n) is 3.78. The second-order valence-electron chi connectivity index (χ2n) is 5.25. The smallest absolute Gasteiger partial charge is 0.231 e. The van der Waals surface area contributed by atoms with Crippen LogP contribution >= 0.6 is 0 Å². The van der Waals surface area contributed by atoms with E-state index in [2.05, 4.69) is 0 Å². The predicted molar refractivity (Wildman–Crippen MR) is 82.4 cm³/mol. The van der Waals surface area contributed by atoms with Gasteiger partial charge in [0.25, 0.3) is 0 Å². The number of benzene rings is 2. The van der Waals surface area contributed by atoms with Crippen molar-refractivity contribution in [1.29, 1.82) is 0 Å². The van der Waals surface area contributed by atoms with Gasteiger partial charge >= 0.3 is 0 Å². The summed E-state index contributed by atoms with van der Waals surface area (Å²) >= 11 is 0. The van der Waals surface area contributed by atoms with Gasteiger partial charge in [0.05, 0.1) is 12.5 Å². The number of para-hydroxylation sites is 1. The third kappa shape index (κ3) is 2.76. The molecule has 2 aromatic rings. The second kappa shape index (κ2) is 5.58. The lowest BCUT2D eigenvalue weighted by Gasteiger charge is -2.15. The van der Waals surface area contributed by atoms with Gasteiger partial charge in [-0.15, -0.1) is 0 Å². The van der Waals surface area contributed by atoms with E-state index in [1.807, 2.05) is 48.5 Å². The minimum absolute atomic E-state index is 0.122. The molecule has 0 fully saturated rings. The quantitative estimate of drug-likeness (QED) is 0.936. The molecule has 1 unspecified atom stereocenters. The molecule has 4 nitrogen and oxygen atoms in total. The normalized spacial score (nSPS) is 15.0. The van der Waals surface area contributed by atoms with E-state index < -0.39 is 0 Å². The first-order valence-corrected chi connectivity index (χ1v) is 6.98. The maximum atomic E-state index is 11.7. The molecule has 0 aliphatic carbocycles. The van der Waals surface area contributed by atoms with Crippen LogP contribution in [0.15, 0.2) is 48.5 Å². The van der Waals surface area contributed by atoms with E-state index in [1.165, 1.54) is 0 Å². The van der Waals surface area contributed by atoms with E-state index in [0.717, 1.165) is 22.6 Å². The number of carbonyl (C=O) groups is 1. The maximum absolute atomic E-state index is 11.7. The molecule has 3 rings (SSSR count). The van der Waals surface area contributed by atoms with Gasteiger partial charge in [-0.2, -0.15) is 0 Å². The Hall–Kier alpha value is -2.33. The highest BCUT2D eigenvalue weighted by Gasteiger charge is 2.24. The molecule has 0 radical (unpaired) electrons. The Morgan fingerprint density at radius 2 is 2.00 bits per heavy atom. The van der Waals surface area contributed by atoms with Crippen molar-refractivity contribution in [2.75, 3.05) is 18.6 Å². The molecule has 0 saturated carbocycles. The number of hydrogen-bond donors (Lipinski definition) is 1. The highest BCUT2D eigenvalue weighted by Crippen LogP contribution is 2.29. The fraction of sp³-hybridized carbons (Fsp3) is 0.235. The number of rotatable bonds is 4. The fourth-order valence-electron chi connectivity index (χ4n) is 2.52. The average molecular weight is 282 g/mol. The minimum atomic E-state index is -0.212. The van der Waals surface area contributed by atoms with Gasteiger partial charge in [-0.25, -0.2) is 0 Å². The third-order valence-corrected chi connectivity index (χ3v) is 3.78. The molecule has 2 aromatic carbocycles. The number of ether oxygens (including phenoxy) is 1.